The first-order chi connectivity index (χ1) is 38.5. The van der Waals surface area contributed by atoms with Gasteiger partial charge in [-0.2, -0.15) is 0 Å². The van der Waals surface area contributed by atoms with Crippen LogP contribution in [0.1, 0.15) is 316 Å². The predicted octanol–water partition coefficient (Wildman–Crippen LogP) is 21.4. The third-order valence-corrected chi connectivity index (χ3v) is 15.8. The van der Waals surface area contributed by atoms with E-state index in [1.807, 2.05) is 21.1 Å². The Morgan fingerprint density at radius 2 is 0.722 bits per heavy atom. The maximum Gasteiger partial charge on any atom is 0.472 e. The first kappa shape index (κ1) is 76.7. The summed E-state index contributed by atoms with van der Waals surface area (Å²) < 4.78 is 34.7. The fourth-order valence-electron chi connectivity index (χ4n) is 9.69. The van der Waals surface area contributed by atoms with Crippen LogP contribution in [-0.2, 0) is 32.7 Å². The molecule has 0 aliphatic heterocycles. The van der Waals surface area contributed by atoms with Crippen molar-refractivity contribution >= 4 is 19.8 Å². The lowest BCUT2D eigenvalue weighted by molar-refractivity contribution is -0.870. The molecular formula is C69H129NO8P+. The topological polar surface area (TPSA) is 108 Å². The van der Waals surface area contributed by atoms with Gasteiger partial charge in [-0.3, -0.25) is 18.6 Å². The number of ether oxygens (including phenoxy) is 2. The van der Waals surface area contributed by atoms with Gasteiger partial charge in [0.25, 0.3) is 0 Å². The van der Waals surface area contributed by atoms with E-state index in [4.69, 9.17) is 18.5 Å². The van der Waals surface area contributed by atoms with Crippen LogP contribution in [0.4, 0.5) is 0 Å². The Labute approximate surface area is 489 Å². The molecular weight excluding hydrogens is 1000 g/mol. The summed E-state index contributed by atoms with van der Waals surface area (Å²) in [6.45, 7) is 4.37. The van der Waals surface area contributed by atoms with Gasteiger partial charge in [-0.05, 0) is 57.8 Å². The number of hydrogen-bond acceptors (Lipinski definition) is 7. The van der Waals surface area contributed by atoms with Gasteiger partial charge in [-0.1, -0.05) is 306 Å². The van der Waals surface area contributed by atoms with Crippen molar-refractivity contribution in [3.63, 3.8) is 0 Å². The van der Waals surface area contributed by atoms with E-state index in [0.717, 1.165) is 64.2 Å². The van der Waals surface area contributed by atoms with Crippen molar-refractivity contribution in [3.8, 4) is 0 Å². The lowest BCUT2D eigenvalue weighted by atomic mass is 10.0. The number of nitrogens with zero attached hydrogens (tertiary/aromatic N) is 1. The first-order valence-electron chi connectivity index (χ1n) is 33.5. The van der Waals surface area contributed by atoms with E-state index in [-0.39, 0.29) is 25.6 Å². The number of carbonyl (C=O) groups is 2. The van der Waals surface area contributed by atoms with Crippen LogP contribution in [0.2, 0.25) is 0 Å². The Morgan fingerprint density at radius 1 is 0.405 bits per heavy atom. The van der Waals surface area contributed by atoms with Gasteiger partial charge in [0, 0.05) is 12.8 Å². The van der Waals surface area contributed by atoms with Gasteiger partial charge in [-0.25, -0.2) is 4.57 Å². The highest BCUT2D eigenvalue weighted by Crippen LogP contribution is 2.43. The SMILES string of the molecule is CC/C=C\C/C=C\C/C=C\C/C=C\C/C=C\CCCCCCCCCCCCCCCCCCCCCCCC(=O)OC(COC(=O)CCCCCCCCCCCCCCCCCCCC)COP(=O)(O)OCC[N+](C)(C)C. The summed E-state index contributed by atoms with van der Waals surface area (Å²) in [5.41, 5.74) is 0. The van der Waals surface area contributed by atoms with Crippen molar-refractivity contribution in [3.05, 3.63) is 60.8 Å². The van der Waals surface area contributed by atoms with Crippen LogP contribution in [0.5, 0.6) is 0 Å². The number of phosphoric ester groups is 1. The van der Waals surface area contributed by atoms with E-state index in [9.17, 15) is 19.0 Å². The smallest absolute Gasteiger partial charge is 0.462 e. The Kier molecular flexibility index (Phi) is 58.6. The number of likely N-dealkylation sites (N-methyl/N-ethyl adjacent to an activating group) is 1. The zero-order valence-electron chi connectivity index (χ0n) is 52.6. The number of allylic oxidation sites excluding steroid dienone is 10. The Morgan fingerprint density at radius 3 is 1.08 bits per heavy atom. The van der Waals surface area contributed by atoms with Gasteiger partial charge in [-0.15, -0.1) is 0 Å². The third kappa shape index (κ3) is 64.7. The molecule has 0 aromatic carbocycles. The molecule has 0 radical (unpaired) electrons. The summed E-state index contributed by atoms with van der Waals surface area (Å²) >= 11 is 0. The molecule has 0 fully saturated rings. The average Bonchev–Trinajstić information content (AvgIpc) is 3.41. The summed E-state index contributed by atoms with van der Waals surface area (Å²) in [6, 6.07) is 0. The molecule has 0 heterocycles. The van der Waals surface area contributed by atoms with Crippen LogP contribution in [0.3, 0.4) is 0 Å². The van der Waals surface area contributed by atoms with Crippen molar-refractivity contribution in [2.75, 3.05) is 47.5 Å². The van der Waals surface area contributed by atoms with Crippen molar-refractivity contribution in [1.29, 1.82) is 0 Å². The zero-order chi connectivity index (χ0) is 57.7. The summed E-state index contributed by atoms with van der Waals surface area (Å²) in [5, 5.41) is 0. The van der Waals surface area contributed by atoms with Crippen molar-refractivity contribution < 1.29 is 42.1 Å². The van der Waals surface area contributed by atoms with Gasteiger partial charge in [0.2, 0.25) is 0 Å². The molecule has 0 spiro atoms. The van der Waals surface area contributed by atoms with Crippen LogP contribution in [-0.4, -0.2) is 74.9 Å². The molecule has 0 bridgehead atoms. The largest absolute Gasteiger partial charge is 0.472 e. The molecule has 0 aliphatic rings. The number of rotatable bonds is 62. The molecule has 1 N–H and O–H groups in total. The first-order valence-corrected chi connectivity index (χ1v) is 35.0. The van der Waals surface area contributed by atoms with Gasteiger partial charge in [0.15, 0.2) is 6.10 Å². The molecule has 462 valence electrons. The molecule has 0 aliphatic carbocycles. The maximum atomic E-state index is 12.9. The van der Waals surface area contributed by atoms with E-state index in [1.165, 1.54) is 218 Å². The van der Waals surface area contributed by atoms with E-state index in [1.54, 1.807) is 0 Å². The highest BCUT2D eigenvalue weighted by atomic mass is 31.2. The number of unbranched alkanes of at least 4 members (excludes halogenated alkanes) is 38. The van der Waals surface area contributed by atoms with Gasteiger partial charge in [0.05, 0.1) is 27.7 Å². The van der Waals surface area contributed by atoms with Crippen LogP contribution in [0.25, 0.3) is 0 Å². The standard InChI is InChI=1S/C69H128NO8P/c1-6-8-10-12-14-16-18-20-22-24-26-27-28-29-30-31-32-33-34-35-36-37-38-39-40-41-42-43-44-46-48-50-52-54-56-58-60-62-69(72)78-67(66-77-79(73,74)76-64-63-70(3,4)5)65-75-68(71)61-59-57-55-53-51-49-47-45-25-23-21-19-17-15-13-11-9-7-2/h8,10,14,16,20,22,26-27,29-30,67H,6-7,9,11-13,15,17-19,21,23-25,28,31-66H2,1-5H3/p+1/b10-8-,16-14-,22-20-,27-26-,30-29-. The minimum atomic E-state index is -4.39. The fraction of sp³-hybridized carbons (Fsp3) is 0.826. The molecule has 0 aromatic heterocycles. The average molecular weight is 1130 g/mol. The molecule has 0 saturated heterocycles. The van der Waals surface area contributed by atoms with E-state index in [0.29, 0.717) is 23.9 Å². The minimum absolute atomic E-state index is 0.0341. The summed E-state index contributed by atoms with van der Waals surface area (Å²) in [5.74, 6) is -0.779. The van der Waals surface area contributed by atoms with Crippen molar-refractivity contribution in [1.82, 2.24) is 0 Å². The summed E-state index contributed by atoms with van der Waals surface area (Å²) in [7, 11) is 1.49. The second-order valence-electron chi connectivity index (χ2n) is 23.8. The van der Waals surface area contributed by atoms with Gasteiger partial charge < -0.3 is 18.9 Å². The molecule has 0 aromatic rings. The van der Waals surface area contributed by atoms with Gasteiger partial charge >= 0.3 is 19.8 Å². The van der Waals surface area contributed by atoms with Crippen LogP contribution >= 0.6 is 7.82 Å². The fourth-order valence-corrected chi connectivity index (χ4v) is 10.4. The quantitative estimate of drug-likeness (QED) is 0.0211. The predicted molar refractivity (Wildman–Crippen MR) is 340 cm³/mol. The number of quaternary nitrogens is 1. The van der Waals surface area contributed by atoms with Crippen LogP contribution in [0.15, 0.2) is 60.8 Å². The second kappa shape index (κ2) is 60.3. The van der Waals surface area contributed by atoms with E-state index < -0.39 is 26.5 Å². The third-order valence-electron chi connectivity index (χ3n) is 14.8. The summed E-state index contributed by atoms with van der Waals surface area (Å²) in [4.78, 5) is 35.8. The van der Waals surface area contributed by atoms with E-state index in [2.05, 4.69) is 74.6 Å². The van der Waals surface area contributed by atoms with Gasteiger partial charge in [0.1, 0.15) is 19.8 Å². The second-order valence-corrected chi connectivity index (χ2v) is 25.3. The normalized spacial score (nSPS) is 13.5. The number of hydrogen-bond donors (Lipinski definition) is 1. The highest BCUT2D eigenvalue weighted by molar-refractivity contribution is 7.47. The molecule has 10 heteroatoms. The molecule has 2 unspecified atom stereocenters. The lowest BCUT2D eigenvalue weighted by Crippen LogP contribution is -2.37. The number of carbonyl (C=O) groups excluding carboxylic acids is 2. The molecule has 0 saturated carbocycles. The molecule has 2 atom stereocenters. The zero-order valence-corrected chi connectivity index (χ0v) is 53.5. The molecule has 0 rings (SSSR count). The highest BCUT2D eigenvalue weighted by Gasteiger charge is 2.27. The molecule has 9 nitrogen and oxygen atoms in total. The van der Waals surface area contributed by atoms with E-state index >= 15 is 0 Å². The Bertz CT molecular complexity index is 1520. The Balaban J connectivity index is 3.96. The summed E-state index contributed by atoms with van der Waals surface area (Å²) in [6.07, 6.45) is 78.9. The lowest BCUT2D eigenvalue weighted by Gasteiger charge is -2.24. The van der Waals surface area contributed by atoms with Crippen LogP contribution in [0, 0.1) is 0 Å². The number of esters is 2. The molecule has 0 amide bonds. The monoisotopic (exact) mass is 1130 g/mol. The Hall–Kier alpha value is -2.29. The number of phosphoric acid groups is 1. The maximum absolute atomic E-state index is 12.9. The van der Waals surface area contributed by atoms with Crippen molar-refractivity contribution in [2.45, 2.75) is 322 Å². The minimum Gasteiger partial charge on any atom is -0.462 e. The van der Waals surface area contributed by atoms with Crippen LogP contribution < -0.4 is 0 Å². The molecule has 79 heavy (non-hydrogen) atoms. The van der Waals surface area contributed by atoms with Crippen molar-refractivity contribution in [2.24, 2.45) is 0 Å².